The number of nitrogens with one attached hydrogen (secondary N) is 2. The fraction of sp³-hybridized carbons (Fsp3) is 0.286. The number of aliphatic hydroxyl groups is 1. The molecule has 0 radical (unpaired) electrons. The van der Waals surface area contributed by atoms with Gasteiger partial charge in [0.2, 0.25) is 5.95 Å². The monoisotopic (exact) mass is 429 g/mol. The molecule has 0 saturated carbocycles. The molecule has 1 atom stereocenters. The molecule has 2 aromatic heterocycles. The Bertz CT molecular complexity index is 1040. The topological polar surface area (TPSA) is 101 Å². The maximum Gasteiger partial charge on any atom is 0.268 e. The van der Waals surface area contributed by atoms with Crippen LogP contribution in [-0.2, 0) is 11.9 Å². The number of aryl methyl sites for hydroxylation is 2. The lowest BCUT2D eigenvalue weighted by atomic mass is 10.1. The van der Waals surface area contributed by atoms with Gasteiger partial charge in [-0.1, -0.05) is 23.7 Å². The molecule has 0 aliphatic carbocycles. The molecule has 0 unspecified atom stereocenters. The molecule has 0 bridgehead atoms. The van der Waals surface area contributed by atoms with Crippen LogP contribution in [0.3, 0.4) is 0 Å². The Morgan fingerprint density at radius 1 is 1.37 bits per heavy atom. The predicted octanol–water partition coefficient (Wildman–Crippen LogP) is 3.27. The highest BCUT2D eigenvalue weighted by Gasteiger charge is 2.19. The minimum atomic E-state index is -0.572. The van der Waals surface area contributed by atoms with Crippen LogP contribution in [0.2, 0.25) is 5.02 Å². The Labute approximate surface area is 179 Å². The van der Waals surface area contributed by atoms with Crippen molar-refractivity contribution in [3.63, 3.8) is 0 Å². The van der Waals surface area contributed by atoms with Crippen LogP contribution in [0.5, 0.6) is 0 Å². The summed E-state index contributed by atoms with van der Waals surface area (Å²) >= 11 is 6.03. The smallest absolute Gasteiger partial charge is 0.268 e. The second-order valence-corrected chi connectivity index (χ2v) is 7.19. The molecule has 0 aliphatic rings. The third-order valence-corrected chi connectivity index (χ3v) is 4.76. The number of aliphatic hydroxyl groups excluding tert-OH is 1. The van der Waals surface area contributed by atoms with Crippen molar-refractivity contribution in [1.82, 2.24) is 19.9 Å². The molecular formula is C21H24ClN5O3. The van der Waals surface area contributed by atoms with Crippen molar-refractivity contribution in [3.05, 3.63) is 64.6 Å². The lowest BCUT2D eigenvalue weighted by molar-refractivity contribution is 0.0908. The van der Waals surface area contributed by atoms with Crippen LogP contribution >= 0.6 is 11.6 Å². The number of hydrogen-bond donors (Lipinski definition) is 3. The zero-order chi connectivity index (χ0) is 21.7. The van der Waals surface area contributed by atoms with E-state index in [1.54, 1.807) is 48.1 Å². The predicted molar refractivity (Wildman–Crippen MR) is 115 cm³/mol. The summed E-state index contributed by atoms with van der Waals surface area (Å²) in [6.45, 7) is 3.97. The number of carbonyl (C=O) groups is 1. The SMILES string of the molecule is CCONc1ncc(C)c(-c2cc(C(=O)N[C@H](CO)c3cccc(Cl)c3)n(C)c2)n1. The van der Waals surface area contributed by atoms with Gasteiger partial charge < -0.3 is 15.0 Å². The van der Waals surface area contributed by atoms with Crippen LogP contribution < -0.4 is 10.8 Å². The lowest BCUT2D eigenvalue weighted by Crippen LogP contribution is -2.31. The summed E-state index contributed by atoms with van der Waals surface area (Å²) in [5.74, 6) is 0.0238. The number of anilines is 1. The standard InChI is InChI=1S/C21H24ClN5O3/c1-4-30-26-21-23-10-13(2)19(25-21)15-9-18(27(3)11-15)20(29)24-17(12-28)14-6-5-7-16(22)8-14/h5-11,17,28H,4,12H2,1-3H3,(H,24,29)(H,23,25,26)/t17-/m1/s1. The molecule has 1 aromatic carbocycles. The molecule has 9 heteroatoms. The van der Waals surface area contributed by atoms with Crippen molar-refractivity contribution in [2.24, 2.45) is 7.05 Å². The van der Waals surface area contributed by atoms with Crippen LogP contribution in [-0.4, -0.2) is 38.8 Å². The van der Waals surface area contributed by atoms with Gasteiger partial charge in [-0.15, -0.1) is 0 Å². The molecule has 8 nitrogen and oxygen atoms in total. The number of carbonyl (C=O) groups excluding carboxylic acids is 1. The van der Waals surface area contributed by atoms with E-state index < -0.39 is 6.04 Å². The number of aromatic nitrogens is 3. The maximum absolute atomic E-state index is 12.9. The van der Waals surface area contributed by atoms with Crippen LogP contribution in [0.4, 0.5) is 5.95 Å². The number of hydrogen-bond acceptors (Lipinski definition) is 6. The van der Waals surface area contributed by atoms with Gasteiger partial charge in [0, 0.05) is 30.0 Å². The Hall–Kier alpha value is -2.94. The summed E-state index contributed by atoms with van der Waals surface area (Å²) < 4.78 is 1.72. The normalized spacial score (nSPS) is 11.9. The average molecular weight is 430 g/mol. The van der Waals surface area contributed by atoms with Gasteiger partial charge in [-0.2, -0.15) is 0 Å². The van der Waals surface area contributed by atoms with Crippen molar-refractivity contribution in [2.75, 3.05) is 18.7 Å². The Balaban J connectivity index is 1.84. The minimum absolute atomic E-state index is 0.249. The van der Waals surface area contributed by atoms with Gasteiger partial charge in [0.1, 0.15) is 5.69 Å². The van der Waals surface area contributed by atoms with E-state index in [0.29, 0.717) is 29.0 Å². The van der Waals surface area contributed by atoms with E-state index in [4.69, 9.17) is 16.4 Å². The highest BCUT2D eigenvalue weighted by atomic mass is 35.5. The van der Waals surface area contributed by atoms with Crippen molar-refractivity contribution in [2.45, 2.75) is 19.9 Å². The number of benzene rings is 1. The summed E-state index contributed by atoms with van der Waals surface area (Å²) in [6, 6.07) is 8.22. The molecule has 3 N–H and O–H groups in total. The quantitative estimate of drug-likeness (QED) is 0.475. The zero-order valence-corrected chi connectivity index (χ0v) is 17.8. The third kappa shape index (κ3) is 4.96. The third-order valence-electron chi connectivity index (χ3n) is 4.53. The fourth-order valence-electron chi connectivity index (χ4n) is 3.03. The molecule has 0 aliphatic heterocycles. The largest absolute Gasteiger partial charge is 0.394 e. The Morgan fingerprint density at radius 3 is 2.87 bits per heavy atom. The van der Waals surface area contributed by atoms with E-state index in [-0.39, 0.29) is 12.5 Å². The zero-order valence-electron chi connectivity index (χ0n) is 17.0. The molecule has 0 spiro atoms. The van der Waals surface area contributed by atoms with E-state index >= 15 is 0 Å². The van der Waals surface area contributed by atoms with E-state index in [1.165, 1.54) is 0 Å². The minimum Gasteiger partial charge on any atom is -0.394 e. The molecule has 1 amide bonds. The second-order valence-electron chi connectivity index (χ2n) is 6.75. The number of halogens is 1. The Morgan fingerprint density at radius 2 is 2.17 bits per heavy atom. The summed E-state index contributed by atoms with van der Waals surface area (Å²) in [5, 5.41) is 13.1. The van der Waals surface area contributed by atoms with Crippen molar-refractivity contribution < 1.29 is 14.7 Å². The average Bonchev–Trinajstić information content (AvgIpc) is 3.12. The van der Waals surface area contributed by atoms with Crippen molar-refractivity contribution in [1.29, 1.82) is 0 Å². The van der Waals surface area contributed by atoms with Crippen LogP contribution in [0, 0.1) is 6.92 Å². The summed E-state index contributed by atoms with van der Waals surface area (Å²) in [7, 11) is 1.78. The van der Waals surface area contributed by atoms with Gasteiger partial charge in [-0.3, -0.25) is 9.63 Å². The molecule has 0 saturated heterocycles. The van der Waals surface area contributed by atoms with E-state index in [9.17, 15) is 9.90 Å². The van der Waals surface area contributed by atoms with Gasteiger partial charge in [-0.05, 0) is 43.2 Å². The van der Waals surface area contributed by atoms with Crippen LogP contribution in [0.25, 0.3) is 11.3 Å². The molecular weight excluding hydrogens is 406 g/mol. The molecule has 3 rings (SSSR count). The highest BCUT2D eigenvalue weighted by Crippen LogP contribution is 2.25. The molecule has 30 heavy (non-hydrogen) atoms. The van der Waals surface area contributed by atoms with E-state index in [1.807, 2.05) is 20.0 Å². The first-order valence-corrected chi connectivity index (χ1v) is 9.86. The Kier molecular flexibility index (Phi) is 7.04. The first kappa shape index (κ1) is 21.8. The van der Waals surface area contributed by atoms with Gasteiger partial charge >= 0.3 is 0 Å². The van der Waals surface area contributed by atoms with Crippen LogP contribution in [0.15, 0.2) is 42.7 Å². The van der Waals surface area contributed by atoms with E-state index in [0.717, 1.165) is 16.7 Å². The van der Waals surface area contributed by atoms with Crippen molar-refractivity contribution in [3.8, 4) is 11.3 Å². The fourth-order valence-corrected chi connectivity index (χ4v) is 3.23. The maximum atomic E-state index is 12.9. The van der Waals surface area contributed by atoms with Gasteiger partial charge in [0.15, 0.2) is 0 Å². The first-order chi connectivity index (χ1) is 14.4. The van der Waals surface area contributed by atoms with Crippen molar-refractivity contribution >= 4 is 23.5 Å². The second kappa shape index (κ2) is 9.71. The number of nitrogens with zero attached hydrogens (tertiary/aromatic N) is 3. The molecule has 3 aromatic rings. The highest BCUT2D eigenvalue weighted by molar-refractivity contribution is 6.30. The van der Waals surface area contributed by atoms with E-state index in [2.05, 4.69) is 20.8 Å². The number of rotatable bonds is 8. The molecule has 0 fully saturated rings. The summed E-state index contributed by atoms with van der Waals surface area (Å²) in [4.78, 5) is 26.7. The van der Waals surface area contributed by atoms with Gasteiger partial charge in [-0.25, -0.2) is 15.4 Å². The molecule has 158 valence electrons. The lowest BCUT2D eigenvalue weighted by Gasteiger charge is -2.17. The van der Waals surface area contributed by atoms with Crippen LogP contribution in [0.1, 0.15) is 34.6 Å². The first-order valence-electron chi connectivity index (χ1n) is 9.48. The van der Waals surface area contributed by atoms with Gasteiger partial charge in [0.05, 0.1) is 24.9 Å². The molecule has 2 heterocycles. The summed E-state index contributed by atoms with van der Waals surface area (Å²) in [5.41, 5.74) is 6.17. The summed E-state index contributed by atoms with van der Waals surface area (Å²) in [6.07, 6.45) is 3.51. The number of amides is 1. The van der Waals surface area contributed by atoms with Gasteiger partial charge in [0.25, 0.3) is 5.91 Å².